The van der Waals surface area contributed by atoms with Crippen LogP contribution in [-0.2, 0) is 0 Å². The van der Waals surface area contributed by atoms with Crippen LogP contribution in [0.4, 0.5) is 10.5 Å². The van der Waals surface area contributed by atoms with Crippen LogP contribution in [0.1, 0.15) is 59.3 Å². The molecule has 0 radical (unpaired) electrons. The van der Waals surface area contributed by atoms with Gasteiger partial charge in [0.05, 0.1) is 7.11 Å². The Hall–Kier alpha value is -1.71. The lowest BCUT2D eigenvalue weighted by Crippen LogP contribution is -2.43. The number of anilines is 1. The number of urea groups is 1. The van der Waals surface area contributed by atoms with Gasteiger partial charge >= 0.3 is 6.03 Å². The number of ether oxygens (including phenoxy) is 1. The predicted molar refractivity (Wildman–Crippen MR) is 97.2 cm³/mol. The molecule has 0 atom stereocenters. The molecular formula is C19H32N2O2. The average Bonchev–Trinajstić information content (AvgIpc) is 2.58. The molecule has 4 nitrogen and oxygen atoms in total. The summed E-state index contributed by atoms with van der Waals surface area (Å²) in [7, 11) is 1.63. The van der Waals surface area contributed by atoms with E-state index in [0.717, 1.165) is 30.8 Å². The van der Waals surface area contributed by atoms with Gasteiger partial charge in [0.25, 0.3) is 0 Å². The summed E-state index contributed by atoms with van der Waals surface area (Å²) in [6.45, 7) is 7.05. The SMILES string of the molecule is CCC.CCN(C(=O)Nc1ccc(OC)cc1)C1CCCCC1. The molecule has 0 saturated heterocycles. The molecule has 1 aliphatic rings. The number of hydrogen-bond donors (Lipinski definition) is 1. The van der Waals surface area contributed by atoms with Crippen LogP contribution < -0.4 is 10.1 Å². The Morgan fingerprint density at radius 1 is 1.13 bits per heavy atom. The van der Waals surface area contributed by atoms with Gasteiger partial charge in [-0.05, 0) is 44.0 Å². The minimum Gasteiger partial charge on any atom is -0.497 e. The van der Waals surface area contributed by atoms with Crippen molar-refractivity contribution in [3.8, 4) is 5.75 Å². The molecule has 130 valence electrons. The molecule has 2 rings (SSSR count). The highest BCUT2D eigenvalue weighted by Crippen LogP contribution is 2.23. The molecule has 4 heteroatoms. The Balaban J connectivity index is 0.000000816. The van der Waals surface area contributed by atoms with Crippen LogP contribution in [0.15, 0.2) is 24.3 Å². The molecule has 0 aliphatic heterocycles. The van der Waals surface area contributed by atoms with E-state index in [4.69, 9.17) is 4.74 Å². The number of nitrogens with zero attached hydrogens (tertiary/aromatic N) is 1. The van der Waals surface area contributed by atoms with E-state index in [1.54, 1.807) is 7.11 Å². The highest BCUT2D eigenvalue weighted by Gasteiger charge is 2.23. The molecule has 0 spiro atoms. The highest BCUT2D eigenvalue weighted by molar-refractivity contribution is 5.89. The van der Waals surface area contributed by atoms with Gasteiger partial charge in [0.1, 0.15) is 5.75 Å². The van der Waals surface area contributed by atoms with Gasteiger partial charge in [-0.15, -0.1) is 0 Å². The summed E-state index contributed by atoms with van der Waals surface area (Å²) in [4.78, 5) is 14.3. The van der Waals surface area contributed by atoms with Crippen LogP contribution in [0.3, 0.4) is 0 Å². The molecule has 1 aliphatic carbocycles. The summed E-state index contributed by atoms with van der Waals surface area (Å²) >= 11 is 0. The van der Waals surface area contributed by atoms with E-state index in [0.29, 0.717) is 6.04 Å². The maximum Gasteiger partial charge on any atom is 0.322 e. The van der Waals surface area contributed by atoms with Crippen LogP contribution in [0.25, 0.3) is 0 Å². The second-order valence-corrected chi connectivity index (χ2v) is 5.94. The first-order valence-corrected chi connectivity index (χ1v) is 8.87. The maximum absolute atomic E-state index is 12.4. The average molecular weight is 320 g/mol. The zero-order valence-electron chi connectivity index (χ0n) is 15.1. The minimum atomic E-state index is 0.00423. The summed E-state index contributed by atoms with van der Waals surface area (Å²) < 4.78 is 5.11. The van der Waals surface area contributed by atoms with Crippen molar-refractivity contribution in [1.29, 1.82) is 0 Å². The smallest absolute Gasteiger partial charge is 0.322 e. The largest absolute Gasteiger partial charge is 0.497 e. The van der Waals surface area contributed by atoms with Gasteiger partial charge < -0.3 is 15.0 Å². The van der Waals surface area contributed by atoms with Crippen molar-refractivity contribution in [2.45, 2.75) is 65.3 Å². The van der Waals surface area contributed by atoms with Crippen molar-refractivity contribution in [3.05, 3.63) is 24.3 Å². The molecule has 1 aromatic carbocycles. The Labute approximate surface area is 141 Å². The zero-order chi connectivity index (χ0) is 17.1. The third kappa shape index (κ3) is 6.51. The summed E-state index contributed by atoms with van der Waals surface area (Å²) in [5.74, 6) is 0.794. The standard InChI is InChI=1S/C16H24N2O2.C3H8/c1-3-18(14-7-5-4-6-8-14)16(19)17-13-9-11-15(20-2)12-10-13;1-3-2/h9-12,14H,3-8H2,1-2H3,(H,17,19);3H2,1-2H3. The van der Waals surface area contributed by atoms with E-state index in [-0.39, 0.29) is 6.03 Å². The Morgan fingerprint density at radius 3 is 2.17 bits per heavy atom. The molecule has 1 saturated carbocycles. The fourth-order valence-corrected chi connectivity index (χ4v) is 2.83. The number of amides is 2. The number of carbonyl (C=O) groups is 1. The van der Waals surface area contributed by atoms with Crippen molar-refractivity contribution in [2.75, 3.05) is 19.0 Å². The number of nitrogens with one attached hydrogen (secondary N) is 1. The van der Waals surface area contributed by atoms with E-state index in [9.17, 15) is 4.79 Å². The molecule has 1 N–H and O–H groups in total. The first-order valence-electron chi connectivity index (χ1n) is 8.87. The Bertz CT molecular complexity index is 439. The lowest BCUT2D eigenvalue weighted by Gasteiger charge is -2.33. The molecule has 0 bridgehead atoms. The molecule has 0 unspecified atom stereocenters. The lowest BCUT2D eigenvalue weighted by atomic mass is 9.94. The van der Waals surface area contributed by atoms with Crippen molar-refractivity contribution < 1.29 is 9.53 Å². The van der Waals surface area contributed by atoms with E-state index in [2.05, 4.69) is 19.2 Å². The van der Waals surface area contributed by atoms with Gasteiger partial charge in [0, 0.05) is 18.3 Å². The van der Waals surface area contributed by atoms with E-state index in [1.165, 1.54) is 25.7 Å². The highest BCUT2D eigenvalue weighted by atomic mass is 16.5. The van der Waals surface area contributed by atoms with Crippen LogP contribution >= 0.6 is 0 Å². The number of hydrogen-bond acceptors (Lipinski definition) is 2. The molecular weight excluding hydrogens is 288 g/mol. The third-order valence-corrected chi connectivity index (χ3v) is 3.96. The van der Waals surface area contributed by atoms with E-state index >= 15 is 0 Å². The van der Waals surface area contributed by atoms with Gasteiger partial charge in [0.15, 0.2) is 0 Å². The molecule has 23 heavy (non-hydrogen) atoms. The van der Waals surface area contributed by atoms with Gasteiger partial charge in [-0.25, -0.2) is 4.79 Å². The Morgan fingerprint density at radius 2 is 1.70 bits per heavy atom. The van der Waals surface area contributed by atoms with Crippen molar-refractivity contribution in [3.63, 3.8) is 0 Å². The number of benzene rings is 1. The van der Waals surface area contributed by atoms with Gasteiger partial charge in [-0.2, -0.15) is 0 Å². The van der Waals surface area contributed by atoms with Gasteiger partial charge in [-0.1, -0.05) is 39.5 Å². The number of rotatable bonds is 4. The predicted octanol–water partition coefficient (Wildman–Crippen LogP) is 5.30. The normalized spacial score (nSPS) is 14.4. The molecule has 1 aromatic rings. The first kappa shape index (κ1) is 19.3. The van der Waals surface area contributed by atoms with E-state index in [1.807, 2.05) is 36.1 Å². The lowest BCUT2D eigenvalue weighted by molar-refractivity contribution is 0.172. The topological polar surface area (TPSA) is 41.6 Å². The van der Waals surface area contributed by atoms with Crippen molar-refractivity contribution >= 4 is 11.7 Å². The fourth-order valence-electron chi connectivity index (χ4n) is 2.83. The van der Waals surface area contributed by atoms with Gasteiger partial charge in [0.2, 0.25) is 0 Å². The summed E-state index contributed by atoms with van der Waals surface area (Å²) in [5, 5.41) is 2.97. The summed E-state index contributed by atoms with van der Waals surface area (Å²) in [5.41, 5.74) is 0.810. The molecule has 2 amide bonds. The summed E-state index contributed by atoms with van der Waals surface area (Å²) in [6.07, 6.45) is 7.27. The van der Waals surface area contributed by atoms with Crippen molar-refractivity contribution in [1.82, 2.24) is 4.90 Å². The first-order chi connectivity index (χ1) is 11.2. The second-order valence-electron chi connectivity index (χ2n) is 5.94. The number of methoxy groups -OCH3 is 1. The second kappa shape index (κ2) is 10.9. The van der Waals surface area contributed by atoms with Crippen LogP contribution in [0.5, 0.6) is 5.75 Å². The molecule has 0 aromatic heterocycles. The quantitative estimate of drug-likeness (QED) is 0.818. The fraction of sp³-hybridized carbons (Fsp3) is 0.632. The van der Waals surface area contributed by atoms with Gasteiger partial charge in [-0.3, -0.25) is 0 Å². The molecule has 1 fully saturated rings. The Kier molecular flexibility index (Phi) is 9.18. The minimum absolute atomic E-state index is 0.00423. The van der Waals surface area contributed by atoms with E-state index < -0.39 is 0 Å². The monoisotopic (exact) mass is 320 g/mol. The summed E-state index contributed by atoms with van der Waals surface area (Å²) in [6, 6.07) is 7.84. The molecule has 0 heterocycles. The number of carbonyl (C=O) groups excluding carboxylic acids is 1. The third-order valence-electron chi connectivity index (χ3n) is 3.96. The van der Waals surface area contributed by atoms with Crippen LogP contribution in [0.2, 0.25) is 0 Å². The maximum atomic E-state index is 12.4. The van der Waals surface area contributed by atoms with Crippen molar-refractivity contribution in [2.24, 2.45) is 0 Å². The van der Waals surface area contributed by atoms with Crippen LogP contribution in [-0.4, -0.2) is 30.6 Å². The zero-order valence-corrected chi connectivity index (χ0v) is 15.1. The van der Waals surface area contributed by atoms with Crippen LogP contribution in [0, 0.1) is 0 Å².